The molecule has 1 aromatic rings. The van der Waals surface area contributed by atoms with Crippen LogP contribution in [0.2, 0.25) is 0 Å². The maximum atomic E-state index is 13.2. The third-order valence-electron chi connectivity index (χ3n) is 5.35. The second-order valence-corrected chi connectivity index (χ2v) is 9.82. The van der Waals surface area contributed by atoms with Gasteiger partial charge in [-0.15, -0.1) is 0 Å². The molecule has 1 aromatic carbocycles. The monoisotopic (exact) mass is 440 g/mol. The normalized spacial score (nSPS) is 25.9. The smallest absolute Gasteiger partial charge is 0.335 e. The van der Waals surface area contributed by atoms with Crippen molar-refractivity contribution < 1.29 is 37.6 Å². The number of aliphatic hydroxyl groups excluding tert-OH is 2. The highest BCUT2D eigenvalue weighted by atomic mass is 32.2. The van der Waals surface area contributed by atoms with Crippen LogP contribution < -0.4 is 0 Å². The molecule has 1 heterocycles. The zero-order chi connectivity index (χ0) is 21.9. The number of hydrogen-bond acceptors (Lipinski definition) is 8. The molecule has 1 aliphatic heterocycles. The third-order valence-corrected chi connectivity index (χ3v) is 7.44. The highest BCUT2D eigenvalue weighted by molar-refractivity contribution is 7.91. The lowest BCUT2D eigenvalue weighted by molar-refractivity contribution is -0.154. The SMILES string of the molecule is CCOC(=O)C1=CC2(CCC1S(=O)(=O)Cc1cccc(C)c1)O[C@H](CO)[C@@H](CO)O2. The Morgan fingerprint density at radius 3 is 2.47 bits per heavy atom. The summed E-state index contributed by atoms with van der Waals surface area (Å²) >= 11 is 0. The molecule has 1 aliphatic carbocycles. The summed E-state index contributed by atoms with van der Waals surface area (Å²) in [5.41, 5.74) is 1.56. The minimum atomic E-state index is -3.73. The van der Waals surface area contributed by atoms with E-state index in [1.165, 1.54) is 6.08 Å². The fourth-order valence-corrected chi connectivity index (χ4v) is 5.86. The molecule has 0 amide bonds. The molecular weight excluding hydrogens is 412 g/mol. The van der Waals surface area contributed by atoms with Crippen molar-refractivity contribution in [3.05, 3.63) is 47.0 Å². The molecule has 0 aromatic heterocycles. The molecule has 2 N–H and O–H groups in total. The Hall–Kier alpha value is -1.78. The lowest BCUT2D eigenvalue weighted by atomic mass is 9.94. The molecule has 9 heteroatoms. The van der Waals surface area contributed by atoms with Crippen molar-refractivity contribution in [1.29, 1.82) is 0 Å². The Morgan fingerprint density at radius 2 is 1.90 bits per heavy atom. The van der Waals surface area contributed by atoms with Crippen LogP contribution >= 0.6 is 0 Å². The second-order valence-electron chi connectivity index (χ2n) is 7.63. The summed E-state index contributed by atoms with van der Waals surface area (Å²) in [7, 11) is -3.73. The van der Waals surface area contributed by atoms with Gasteiger partial charge in [0.15, 0.2) is 15.6 Å². The molecule has 166 valence electrons. The highest BCUT2D eigenvalue weighted by Crippen LogP contribution is 2.41. The molecule has 1 saturated heterocycles. The molecule has 8 nitrogen and oxygen atoms in total. The number of carbonyl (C=O) groups is 1. The number of hydrogen-bond donors (Lipinski definition) is 2. The van der Waals surface area contributed by atoms with Crippen LogP contribution in [0.25, 0.3) is 0 Å². The lowest BCUT2D eigenvalue weighted by Crippen LogP contribution is -2.41. The molecule has 0 saturated carbocycles. The predicted molar refractivity (Wildman–Crippen MR) is 108 cm³/mol. The topological polar surface area (TPSA) is 119 Å². The first-order chi connectivity index (χ1) is 14.2. The molecule has 30 heavy (non-hydrogen) atoms. The molecule has 1 spiro atoms. The lowest BCUT2D eigenvalue weighted by Gasteiger charge is -2.33. The first-order valence-corrected chi connectivity index (χ1v) is 11.7. The molecule has 1 unspecified atom stereocenters. The summed E-state index contributed by atoms with van der Waals surface area (Å²) in [4.78, 5) is 12.6. The van der Waals surface area contributed by atoms with E-state index in [9.17, 15) is 23.4 Å². The van der Waals surface area contributed by atoms with E-state index in [-0.39, 0.29) is 44.0 Å². The number of aliphatic hydroxyl groups is 2. The molecule has 1 fully saturated rings. The van der Waals surface area contributed by atoms with Crippen molar-refractivity contribution in [1.82, 2.24) is 0 Å². The zero-order valence-electron chi connectivity index (χ0n) is 17.1. The number of sulfone groups is 1. The fourth-order valence-electron chi connectivity index (χ4n) is 3.99. The van der Waals surface area contributed by atoms with E-state index in [0.29, 0.717) is 5.56 Å². The summed E-state index contributed by atoms with van der Waals surface area (Å²) in [5, 5.41) is 17.9. The van der Waals surface area contributed by atoms with Crippen LogP contribution in [0.3, 0.4) is 0 Å². The molecule has 0 radical (unpaired) electrons. The van der Waals surface area contributed by atoms with Crippen LogP contribution in [0.4, 0.5) is 0 Å². The van der Waals surface area contributed by atoms with E-state index in [1.807, 2.05) is 13.0 Å². The maximum absolute atomic E-state index is 13.2. The first-order valence-electron chi connectivity index (χ1n) is 9.98. The number of esters is 1. The van der Waals surface area contributed by atoms with Crippen LogP contribution in [0.1, 0.15) is 30.9 Å². The number of aryl methyl sites for hydroxylation is 1. The summed E-state index contributed by atoms with van der Waals surface area (Å²) in [6.45, 7) is 2.87. The average molecular weight is 441 g/mol. The van der Waals surface area contributed by atoms with Crippen molar-refractivity contribution in [3.8, 4) is 0 Å². The van der Waals surface area contributed by atoms with Gasteiger partial charge in [-0.05, 0) is 31.9 Å². The number of ether oxygens (including phenoxy) is 3. The van der Waals surface area contributed by atoms with Gasteiger partial charge in [-0.2, -0.15) is 0 Å². The van der Waals surface area contributed by atoms with Crippen molar-refractivity contribution >= 4 is 15.8 Å². The Labute approximate surface area is 176 Å². The average Bonchev–Trinajstić information content (AvgIpc) is 3.04. The van der Waals surface area contributed by atoms with Gasteiger partial charge in [-0.25, -0.2) is 13.2 Å². The molecule has 3 rings (SSSR count). The standard InChI is InChI=1S/C21H28O8S/c1-3-27-20(24)16-10-21(28-17(11-22)18(12-23)29-21)8-7-19(16)30(25,26)13-15-6-4-5-14(2)9-15/h4-6,9-10,17-19,22-23H,3,7-8,11-13H2,1-2H3/t17-,18-,19?/m1/s1. The van der Waals surface area contributed by atoms with Gasteiger partial charge in [0.05, 0.1) is 36.4 Å². The summed E-state index contributed by atoms with van der Waals surface area (Å²) < 4.78 is 43.1. The summed E-state index contributed by atoms with van der Waals surface area (Å²) in [6.07, 6.45) is 0.0753. The summed E-state index contributed by atoms with van der Waals surface area (Å²) in [5.74, 6) is -2.32. The van der Waals surface area contributed by atoms with Gasteiger partial charge in [0.2, 0.25) is 0 Å². The van der Waals surface area contributed by atoms with Gasteiger partial charge >= 0.3 is 5.97 Å². The van der Waals surface area contributed by atoms with E-state index < -0.39 is 39.1 Å². The fraction of sp³-hybridized carbons (Fsp3) is 0.571. The van der Waals surface area contributed by atoms with Crippen LogP contribution in [0, 0.1) is 6.92 Å². The van der Waals surface area contributed by atoms with E-state index in [0.717, 1.165) is 5.56 Å². The molecule has 2 aliphatic rings. The maximum Gasteiger partial charge on any atom is 0.335 e. The minimum Gasteiger partial charge on any atom is -0.463 e. The van der Waals surface area contributed by atoms with Crippen LogP contribution in [-0.2, 0) is 34.6 Å². The van der Waals surface area contributed by atoms with Crippen molar-refractivity contribution in [2.24, 2.45) is 0 Å². The van der Waals surface area contributed by atoms with E-state index in [2.05, 4.69) is 0 Å². The van der Waals surface area contributed by atoms with Crippen LogP contribution in [0.5, 0.6) is 0 Å². The molecule has 0 bridgehead atoms. The minimum absolute atomic E-state index is 0.0361. The van der Waals surface area contributed by atoms with Gasteiger partial charge in [0.1, 0.15) is 12.2 Å². The van der Waals surface area contributed by atoms with E-state index >= 15 is 0 Å². The predicted octanol–water partition coefficient (Wildman–Crippen LogP) is 1.03. The van der Waals surface area contributed by atoms with E-state index in [4.69, 9.17) is 14.2 Å². The second kappa shape index (κ2) is 9.15. The van der Waals surface area contributed by atoms with E-state index in [1.54, 1.807) is 25.1 Å². The van der Waals surface area contributed by atoms with Crippen molar-refractivity contribution in [2.75, 3.05) is 19.8 Å². The van der Waals surface area contributed by atoms with Gasteiger partial charge in [-0.1, -0.05) is 29.8 Å². The number of carbonyl (C=O) groups excluding carboxylic acids is 1. The van der Waals surface area contributed by atoms with Gasteiger partial charge < -0.3 is 24.4 Å². The number of rotatable bonds is 7. The van der Waals surface area contributed by atoms with Crippen molar-refractivity contribution in [3.63, 3.8) is 0 Å². The van der Waals surface area contributed by atoms with Crippen molar-refractivity contribution in [2.45, 2.75) is 55.7 Å². The summed E-state index contributed by atoms with van der Waals surface area (Å²) in [6, 6.07) is 7.22. The zero-order valence-corrected chi connectivity index (χ0v) is 17.9. The largest absolute Gasteiger partial charge is 0.463 e. The number of benzene rings is 1. The Bertz CT molecular complexity index is 895. The quantitative estimate of drug-likeness (QED) is 0.604. The Kier molecular flexibility index (Phi) is 6.98. The van der Waals surface area contributed by atoms with Gasteiger partial charge in [-0.3, -0.25) is 0 Å². The van der Waals surface area contributed by atoms with Gasteiger partial charge in [0, 0.05) is 6.42 Å². The molecule has 3 atom stereocenters. The van der Waals surface area contributed by atoms with Crippen LogP contribution in [-0.4, -0.2) is 67.7 Å². The highest BCUT2D eigenvalue weighted by Gasteiger charge is 2.51. The third kappa shape index (κ3) is 4.76. The Balaban J connectivity index is 1.94. The van der Waals surface area contributed by atoms with Gasteiger partial charge in [0.25, 0.3) is 0 Å². The van der Waals surface area contributed by atoms with Crippen LogP contribution in [0.15, 0.2) is 35.9 Å². The molecular formula is C21H28O8S. The Morgan fingerprint density at radius 1 is 1.23 bits per heavy atom. The first kappa shape index (κ1) is 22.9.